The van der Waals surface area contributed by atoms with Crippen LogP contribution < -0.4 is 5.32 Å². The summed E-state index contributed by atoms with van der Waals surface area (Å²) in [6, 6.07) is 15.4. The molecular formula is C20H21N3O3S. The van der Waals surface area contributed by atoms with E-state index in [9.17, 15) is 13.2 Å². The number of carbonyl (C=O) groups is 1. The SMILES string of the molecule is Cc1ccc(S(=O)(=O)N2CCC[C@@H](C(=O)Nc3ccc(C#N)cc3)C2)cc1. The molecular weight excluding hydrogens is 362 g/mol. The molecule has 1 amide bonds. The quantitative estimate of drug-likeness (QED) is 0.879. The van der Waals surface area contributed by atoms with Gasteiger partial charge in [0.2, 0.25) is 15.9 Å². The Kier molecular flexibility index (Phi) is 5.59. The molecule has 0 unspecified atom stereocenters. The number of hydrogen-bond acceptors (Lipinski definition) is 4. The predicted octanol–water partition coefficient (Wildman–Crippen LogP) is 2.91. The zero-order valence-corrected chi connectivity index (χ0v) is 15.9. The number of sulfonamides is 1. The molecule has 0 aliphatic carbocycles. The Morgan fingerprint density at radius 3 is 2.44 bits per heavy atom. The van der Waals surface area contributed by atoms with Crippen molar-refractivity contribution in [2.45, 2.75) is 24.7 Å². The Bertz CT molecular complexity index is 961. The van der Waals surface area contributed by atoms with E-state index in [0.717, 1.165) is 5.56 Å². The first-order chi connectivity index (χ1) is 12.9. The summed E-state index contributed by atoms with van der Waals surface area (Å²) in [6.07, 6.45) is 1.28. The van der Waals surface area contributed by atoms with Gasteiger partial charge in [0, 0.05) is 18.8 Å². The summed E-state index contributed by atoms with van der Waals surface area (Å²) in [7, 11) is -3.61. The Morgan fingerprint density at radius 2 is 1.81 bits per heavy atom. The molecule has 1 aliphatic rings. The fraction of sp³-hybridized carbons (Fsp3) is 0.300. The van der Waals surface area contributed by atoms with Gasteiger partial charge in [-0.3, -0.25) is 4.79 Å². The molecule has 1 N–H and O–H groups in total. The maximum Gasteiger partial charge on any atom is 0.243 e. The normalized spacial score (nSPS) is 17.9. The molecule has 1 saturated heterocycles. The van der Waals surface area contributed by atoms with E-state index in [2.05, 4.69) is 5.32 Å². The second-order valence-corrected chi connectivity index (χ2v) is 8.63. The van der Waals surface area contributed by atoms with Crippen molar-refractivity contribution >= 4 is 21.6 Å². The Morgan fingerprint density at radius 1 is 1.15 bits per heavy atom. The summed E-state index contributed by atoms with van der Waals surface area (Å²) in [4.78, 5) is 12.8. The minimum absolute atomic E-state index is 0.165. The highest BCUT2D eigenvalue weighted by Crippen LogP contribution is 2.25. The van der Waals surface area contributed by atoms with Crippen LogP contribution in [0, 0.1) is 24.2 Å². The third-order valence-electron chi connectivity index (χ3n) is 4.70. The number of hydrogen-bond donors (Lipinski definition) is 1. The number of nitrogens with one attached hydrogen (secondary N) is 1. The van der Waals surface area contributed by atoms with Crippen LogP contribution in [-0.4, -0.2) is 31.7 Å². The van der Waals surface area contributed by atoms with Crippen molar-refractivity contribution < 1.29 is 13.2 Å². The van der Waals surface area contributed by atoms with Crippen molar-refractivity contribution in [3.05, 3.63) is 59.7 Å². The lowest BCUT2D eigenvalue weighted by atomic mass is 9.98. The van der Waals surface area contributed by atoms with Crippen LogP contribution in [0.5, 0.6) is 0 Å². The first kappa shape index (κ1) is 19.1. The van der Waals surface area contributed by atoms with Crippen molar-refractivity contribution in [1.82, 2.24) is 4.31 Å². The van der Waals surface area contributed by atoms with Crippen LogP contribution in [-0.2, 0) is 14.8 Å². The van der Waals surface area contributed by atoms with Gasteiger partial charge in [0.05, 0.1) is 22.4 Å². The molecule has 0 radical (unpaired) electrons. The molecule has 1 fully saturated rings. The van der Waals surface area contributed by atoms with Gasteiger partial charge in [0.25, 0.3) is 0 Å². The lowest BCUT2D eigenvalue weighted by Crippen LogP contribution is -2.43. The van der Waals surface area contributed by atoms with Gasteiger partial charge in [0.1, 0.15) is 0 Å². The van der Waals surface area contributed by atoms with Crippen LogP contribution in [0.2, 0.25) is 0 Å². The van der Waals surface area contributed by atoms with Crippen molar-refractivity contribution in [2.24, 2.45) is 5.92 Å². The summed E-state index contributed by atoms with van der Waals surface area (Å²) in [5.41, 5.74) is 2.10. The van der Waals surface area contributed by atoms with Gasteiger partial charge in [-0.25, -0.2) is 8.42 Å². The average molecular weight is 383 g/mol. The number of nitrogens with zero attached hydrogens (tertiary/aromatic N) is 2. The van der Waals surface area contributed by atoms with Crippen LogP contribution >= 0.6 is 0 Å². The van der Waals surface area contributed by atoms with E-state index in [4.69, 9.17) is 5.26 Å². The molecule has 7 heteroatoms. The Hall–Kier alpha value is -2.69. The number of benzene rings is 2. The maximum atomic E-state index is 12.9. The Labute approximate surface area is 159 Å². The molecule has 0 spiro atoms. The number of nitriles is 1. The number of aryl methyl sites for hydroxylation is 1. The van der Waals surface area contributed by atoms with Crippen molar-refractivity contribution in [1.29, 1.82) is 5.26 Å². The maximum absolute atomic E-state index is 12.9. The minimum atomic E-state index is -3.61. The Balaban J connectivity index is 1.70. The van der Waals surface area contributed by atoms with E-state index in [-0.39, 0.29) is 17.3 Å². The second-order valence-electron chi connectivity index (χ2n) is 6.69. The number of piperidine rings is 1. The van der Waals surface area contributed by atoms with Crippen LogP contribution in [0.15, 0.2) is 53.4 Å². The van der Waals surface area contributed by atoms with E-state index in [1.165, 1.54) is 4.31 Å². The zero-order chi connectivity index (χ0) is 19.4. The van der Waals surface area contributed by atoms with E-state index in [1.807, 2.05) is 13.0 Å². The topological polar surface area (TPSA) is 90.3 Å². The van der Waals surface area contributed by atoms with Gasteiger partial charge in [0.15, 0.2) is 0 Å². The van der Waals surface area contributed by atoms with Gasteiger partial charge < -0.3 is 5.32 Å². The third-order valence-corrected chi connectivity index (χ3v) is 6.57. The van der Waals surface area contributed by atoms with Crippen molar-refractivity contribution in [3.63, 3.8) is 0 Å². The summed E-state index contributed by atoms with van der Waals surface area (Å²) in [5, 5.41) is 11.6. The fourth-order valence-corrected chi connectivity index (χ4v) is 4.63. The van der Waals surface area contributed by atoms with Gasteiger partial charge in [-0.05, 0) is 56.2 Å². The molecule has 2 aromatic rings. The number of carbonyl (C=O) groups excluding carboxylic acids is 1. The second kappa shape index (κ2) is 7.91. The number of rotatable bonds is 4. The summed E-state index contributed by atoms with van der Waals surface area (Å²) in [6.45, 7) is 2.48. The summed E-state index contributed by atoms with van der Waals surface area (Å²) < 4.78 is 27.1. The minimum Gasteiger partial charge on any atom is -0.326 e. The van der Waals surface area contributed by atoms with Crippen molar-refractivity contribution in [2.75, 3.05) is 18.4 Å². The zero-order valence-electron chi connectivity index (χ0n) is 15.1. The standard InChI is InChI=1S/C20H21N3O3S/c1-15-4-10-19(11-5-15)27(25,26)23-12-2-3-17(14-23)20(24)22-18-8-6-16(13-21)7-9-18/h4-11,17H,2-3,12,14H2,1H3,(H,22,24)/t17-/m1/s1. The van der Waals surface area contributed by atoms with E-state index in [0.29, 0.717) is 30.6 Å². The molecule has 3 rings (SSSR count). The van der Waals surface area contributed by atoms with E-state index < -0.39 is 15.9 Å². The highest BCUT2D eigenvalue weighted by molar-refractivity contribution is 7.89. The largest absolute Gasteiger partial charge is 0.326 e. The number of anilines is 1. The summed E-state index contributed by atoms with van der Waals surface area (Å²) in [5.74, 6) is -0.613. The molecule has 1 heterocycles. The first-order valence-electron chi connectivity index (χ1n) is 8.78. The predicted molar refractivity (Wildman–Crippen MR) is 102 cm³/mol. The molecule has 0 saturated carbocycles. The average Bonchev–Trinajstić information content (AvgIpc) is 2.69. The van der Waals surface area contributed by atoms with Gasteiger partial charge in [-0.15, -0.1) is 0 Å². The van der Waals surface area contributed by atoms with Crippen LogP contribution in [0.4, 0.5) is 5.69 Å². The van der Waals surface area contributed by atoms with E-state index >= 15 is 0 Å². The van der Waals surface area contributed by atoms with Crippen LogP contribution in [0.1, 0.15) is 24.0 Å². The van der Waals surface area contributed by atoms with Gasteiger partial charge in [-0.2, -0.15) is 9.57 Å². The van der Waals surface area contributed by atoms with E-state index in [1.54, 1.807) is 48.5 Å². The number of amides is 1. The molecule has 1 aliphatic heterocycles. The monoisotopic (exact) mass is 383 g/mol. The molecule has 27 heavy (non-hydrogen) atoms. The fourth-order valence-electron chi connectivity index (χ4n) is 3.11. The van der Waals surface area contributed by atoms with Crippen LogP contribution in [0.25, 0.3) is 0 Å². The van der Waals surface area contributed by atoms with Crippen molar-refractivity contribution in [3.8, 4) is 6.07 Å². The molecule has 1 atom stereocenters. The molecule has 0 bridgehead atoms. The highest BCUT2D eigenvalue weighted by Gasteiger charge is 2.33. The molecule has 0 aromatic heterocycles. The summed E-state index contributed by atoms with van der Waals surface area (Å²) >= 11 is 0. The molecule has 140 valence electrons. The van der Waals surface area contributed by atoms with Crippen LogP contribution in [0.3, 0.4) is 0 Å². The smallest absolute Gasteiger partial charge is 0.243 e. The molecule has 6 nitrogen and oxygen atoms in total. The third kappa shape index (κ3) is 4.35. The molecule has 2 aromatic carbocycles. The lowest BCUT2D eigenvalue weighted by Gasteiger charge is -2.31. The van der Waals surface area contributed by atoms with Gasteiger partial charge >= 0.3 is 0 Å². The van der Waals surface area contributed by atoms with Gasteiger partial charge in [-0.1, -0.05) is 17.7 Å². The first-order valence-corrected chi connectivity index (χ1v) is 10.2. The highest BCUT2D eigenvalue weighted by atomic mass is 32.2. The lowest BCUT2D eigenvalue weighted by molar-refractivity contribution is -0.120.